The summed E-state index contributed by atoms with van der Waals surface area (Å²) in [5, 5.41) is 0. The molecular formula is C10H18N2O2S. The maximum atomic E-state index is 11.3. The molecule has 4 nitrogen and oxygen atoms in total. The summed E-state index contributed by atoms with van der Waals surface area (Å²) < 4.78 is 27.2. The van der Waals surface area contributed by atoms with Gasteiger partial charge in [-0.2, -0.15) is 0 Å². The van der Waals surface area contributed by atoms with E-state index < -0.39 is 10.0 Å². The molecule has 0 spiro atoms. The van der Waals surface area contributed by atoms with E-state index in [1.54, 1.807) is 0 Å². The lowest BCUT2D eigenvalue weighted by Gasteiger charge is -2.05. The molecule has 1 heterocycles. The Balaban J connectivity index is 2.17. The molecule has 1 N–H and O–H groups in total. The van der Waals surface area contributed by atoms with Gasteiger partial charge in [-0.05, 0) is 25.0 Å². The van der Waals surface area contributed by atoms with E-state index in [-0.39, 0.29) is 5.75 Å². The van der Waals surface area contributed by atoms with E-state index in [0.29, 0.717) is 13.0 Å². The lowest BCUT2D eigenvalue weighted by atomic mass is 10.4. The average molecular weight is 230 g/mol. The Morgan fingerprint density at radius 3 is 2.53 bits per heavy atom. The number of hydrogen-bond acceptors (Lipinski definition) is 2. The van der Waals surface area contributed by atoms with Crippen LogP contribution in [0.15, 0.2) is 24.5 Å². The van der Waals surface area contributed by atoms with Crippen molar-refractivity contribution in [1.29, 1.82) is 0 Å². The summed E-state index contributed by atoms with van der Waals surface area (Å²) in [5.41, 5.74) is 0. The quantitative estimate of drug-likeness (QED) is 0.716. The highest BCUT2D eigenvalue weighted by Gasteiger charge is 2.06. The minimum atomic E-state index is -3.03. The van der Waals surface area contributed by atoms with Gasteiger partial charge in [0, 0.05) is 25.5 Å². The lowest BCUT2D eigenvalue weighted by molar-refractivity contribution is 0.569. The van der Waals surface area contributed by atoms with Gasteiger partial charge >= 0.3 is 0 Å². The molecule has 1 rings (SSSR count). The van der Waals surface area contributed by atoms with Crippen LogP contribution in [0.2, 0.25) is 0 Å². The zero-order valence-electron chi connectivity index (χ0n) is 9.02. The van der Waals surface area contributed by atoms with Crippen molar-refractivity contribution < 1.29 is 8.42 Å². The molecule has 0 saturated heterocycles. The van der Waals surface area contributed by atoms with Gasteiger partial charge in [0.15, 0.2) is 0 Å². The summed E-state index contributed by atoms with van der Waals surface area (Å²) in [7, 11) is -3.03. The molecule has 0 fully saturated rings. The van der Waals surface area contributed by atoms with Crippen LogP contribution in [0, 0.1) is 0 Å². The summed E-state index contributed by atoms with van der Waals surface area (Å²) in [6, 6.07) is 3.92. The third-order valence-corrected chi connectivity index (χ3v) is 3.64. The van der Waals surface area contributed by atoms with Crippen molar-refractivity contribution in [3.8, 4) is 0 Å². The second-order valence-electron chi connectivity index (χ2n) is 3.49. The molecule has 86 valence electrons. The first-order chi connectivity index (χ1) is 7.14. The maximum Gasteiger partial charge on any atom is 0.211 e. The molecule has 0 radical (unpaired) electrons. The van der Waals surface area contributed by atoms with Crippen molar-refractivity contribution in [1.82, 2.24) is 9.29 Å². The third-order valence-electron chi connectivity index (χ3n) is 2.05. The molecule has 5 heteroatoms. The molecule has 15 heavy (non-hydrogen) atoms. The highest BCUT2D eigenvalue weighted by atomic mass is 32.2. The Labute approximate surface area is 91.4 Å². The van der Waals surface area contributed by atoms with Crippen LogP contribution in [0.4, 0.5) is 0 Å². The van der Waals surface area contributed by atoms with Crippen LogP contribution in [0.5, 0.6) is 0 Å². The zero-order chi connectivity index (χ0) is 11.1. The van der Waals surface area contributed by atoms with Crippen molar-refractivity contribution in [2.45, 2.75) is 26.3 Å². The summed E-state index contributed by atoms with van der Waals surface area (Å²) in [6.45, 7) is 3.22. The van der Waals surface area contributed by atoms with Crippen LogP contribution >= 0.6 is 0 Å². The van der Waals surface area contributed by atoms with Gasteiger partial charge in [0.05, 0.1) is 5.75 Å². The number of rotatable bonds is 7. The topological polar surface area (TPSA) is 51.1 Å². The molecule has 0 saturated carbocycles. The van der Waals surface area contributed by atoms with Gasteiger partial charge in [-0.15, -0.1) is 0 Å². The van der Waals surface area contributed by atoms with Gasteiger partial charge in [-0.1, -0.05) is 6.92 Å². The van der Waals surface area contributed by atoms with Gasteiger partial charge < -0.3 is 4.57 Å². The van der Waals surface area contributed by atoms with Gasteiger partial charge in [-0.3, -0.25) is 0 Å². The molecule has 0 atom stereocenters. The Hall–Kier alpha value is -0.810. The Morgan fingerprint density at radius 2 is 1.93 bits per heavy atom. The molecule has 0 amide bonds. The van der Waals surface area contributed by atoms with Crippen LogP contribution in [-0.2, 0) is 16.6 Å². The smallest absolute Gasteiger partial charge is 0.211 e. The minimum absolute atomic E-state index is 0.219. The van der Waals surface area contributed by atoms with E-state index in [1.165, 1.54) is 0 Å². The molecule has 0 aromatic carbocycles. The van der Waals surface area contributed by atoms with Gasteiger partial charge in [0.2, 0.25) is 10.0 Å². The second kappa shape index (κ2) is 5.92. The normalized spacial score (nSPS) is 11.8. The lowest BCUT2D eigenvalue weighted by Crippen LogP contribution is -2.27. The number of nitrogens with zero attached hydrogens (tertiary/aromatic N) is 1. The fourth-order valence-corrected chi connectivity index (χ4v) is 2.49. The number of aromatic nitrogens is 1. The monoisotopic (exact) mass is 230 g/mol. The number of aryl methyl sites for hydroxylation is 1. The molecule has 0 unspecified atom stereocenters. The van der Waals surface area contributed by atoms with E-state index in [9.17, 15) is 8.42 Å². The number of sulfonamides is 1. The fraction of sp³-hybridized carbons (Fsp3) is 0.600. The van der Waals surface area contributed by atoms with E-state index in [0.717, 1.165) is 13.0 Å². The molecule has 1 aromatic rings. The Kier molecular flexibility index (Phi) is 4.84. The van der Waals surface area contributed by atoms with Gasteiger partial charge in [0.1, 0.15) is 0 Å². The standard InChI is InChI=1S/C10H18N2O2S/c1-2-10-15(13,14)11-6-5-9-12-7-3-4-8-12/h3-4,7-8,11H,2,5-6,9-10H2,1H3. The van der Waals surface area contributed by atoms with E-state index >= 15 is 0 Å². The Morgan fingerprint density at radius 1 is 1.27 bits per heavy atom. The number of hydrogen-bond donors (Lipinski definition) is 1. The summed E-state index contributed by atoms with van der Waals surface area (Å²) in [4.78, 5) is 0. The van der Waals surface area contributed by atoms with E-state index in [1.807, 2.05) is 36.0 Å². The summed E-state index contributed by atoms with van der Waals surface area (Å²) >= 11 is 0. The Bertz CT molecular complexity index is 357. The molecular weight excluding hydrogens is 212 g/mol. The van der Waals surface area contributed by atoms with Gasteiger partial charge in [-0.25, -0.2) is 13.1 Å². The first kappa shape index (κ1) is 12.3. The van der Waals surface area contributed by atoms with E-state index in [4.69, 9.17) is 0 Å². The molecule has 0 aliphatic carbocycles. The van der Waals surface area contributed by atoms with Crippen LogP contribution in [-0.4, -0.2) is 25.3 Å². The molecule has 0 bridgehead atoms. The largest absolute Gasteiger partial charge is 0.354 e. The highest BCUT2D eigenvalue weighted by molar-refractivity contribution is 7.89. The SMILES string of the molecule is CCCS(=O)(=O)NCCCn1cccc1. The molecule has 0 aliphatic heterocycles. The predicted molar refractivity (Wildman–Crippen MR) is 61.1 cm³/mol. The highest BCUT2D eigenvalue weighted by Crippen LogP contribution is 1.94. The summed E-state index contributed by atoms with van der Waals surface area (Å²) in [6.07, 6.45) is 5.42. The molecule has 0 aliphatic rings. The molecule has 1 aromatic heterocycles. The minimum Gasteiger partial charge on any atom is -0.354 e. The van der Waals surface area contributed by atoms with Crippen molar-refractivity contribution >= 4 is 10.0 Å². The summed E-state index contributed by atoms with van der Waals surface area (Å²) in [5.74, 6) is 0.219. The fourth-order valence-electron chi connectivity index (χ4n) is 1.35. The van der Waals surface area contributed by atoms with Crippen molar-refractivity contribution in [2.75, 3.05) is 12.3 Å². The first-order valence-corrected chi connectivity index (χ1v) is 6.87. The average Bonchev–Trinajstić information content (AvgIpc) is 2.65. The maximum absolute atomic E-state index is 11.3. The van der Waals surface area contributed by atoms with Crippen LogP contribution in [0.25, 0.3) is 0 Å². The van der Waals surface area contributed by atoms with Crippen LogP contribution < -0.4 is 4.72 Å². The zero-order valence-corrected chi connectivity index (χ0v) is 9.83. The predicted octanol–water partition coefficient (Wildman–Crippen LogP) is 1.21. The van der Waals surface area contributed by atoms with Crippen molar-refractivity contribution in [2.24, 2.45) is 0 Å². The first-order valence-electron chi connectivity index (χ1n) is 5.22. The second-order valence-corrected chi connectivity index (χ2v) is 5.41. The van der Waals surface area contributed by atoms with Crippen LogP contribution in [0.1, 0.15) is 19.8 Å². The van der Waals surface area contributed by atoms with Gasteiger partial charge in [0.25, 0.3) is 0 Å². The van der Waals surface area contributed by atoms with Crippen LogP contribution in [0.3, 0.4) is 0 Å². The third kappa shape index (κ3) is 4.99. The number of nitrogens with one attached hydrogen (secondary N) is 1. The van der Waals surface area contributed by atoms with Crippen molar-refractivity contribution in [3.63, 3.8) is 0 Å². The van der Waals surface area contributed by atoms with Crippen molar-refractivity contribution in [3.05, 3.63) is 24.5 Å². The van der Waals surface area contributed by atoms with E-state index in [2.05, 4.69) is 4.72 Å².